The molecule has 0 spiro atoms. The third-order valence-electron chi connectivity index (χ3n) is 1.30. The van der Waals surface area contributed by atoms with Crippen LogP contribution in [0, 0.1) is 0 Å². The smallest absolute Gasteiger partial charge is 0.0607 e. The largest absolute Gasteiger partial charge is 0.364 e. The Morgan fingerprint density at radius 1 is 1.70 bits per heavy atom. The van der Waals surface area contributed by atoms with Crippen LogP contribution in [0.4, 0.5) is 5.69 Å². The predicted octanol–water partition coefficient (Wildman–Crippen LogP) is 1.41. The Balaban J connectivity index is 2.75. The molecule has 0 fully saturated rings. The Bertz CT molecular complexity index is 188. The van der Waals surface area contributed by atoms with Crippen LogP contribution in [0.5, 0.6) is 0 Å². The number of pyridine rings is 1. The summed E-state index contributed by atoms with van der Waals surface area (Å²) < 4.78 is 0. The molecule has 0 saturated carbocycles. The van der Waals surface area contributed by atoms with Crippen LogP contribution in [-0.4, -0.2) is 17.9 Å². The van der Waals surface area contributed by atoms with Crippen molar-refractivity contribution < 1.29 is 0 Å². The monoisotopic (exact) mass is 154 g/mol. The van der Waals surface area contributed by atoms with Crippen molar-refractivity contribution in [3.63, 3.8) is 0 Å². The lowest BCUT2D eigenvalue weighted by Crippen LogP contribution is -2.13. The van der Waals surface area contributed by atoms with Gasteiger partial charge in [0.1, 0.15) is 0 Å². The number of thiol groups is 1. The maximum atomic E-state index is 4.13. The van der Waals surface area contributed by atoms with E-state index < -0.39 is 0 Å². The number of nitrogens with zero attached hydrogens (tertiary/aromatic N) is 2. The SMILES string of the molecule is CN(CS)c1cccnc1. The molecule has 0 aromatic carbocycles. The maximum Gasteiger partial charge on any atom is 0.0607 e. The zero-order chi connectivity index (χ0) is 7.40. The van der Waals surface area contributed by atoms with E-state index in [1.54, 1.807) is 6.20 Å². The number of hydrogen-bond donors (Lipinski definition) is 1. The number of aromatic nitrogens is 1. The van der Waals surface area contributed by atoms with Crippen LogP contribution < -0.4 is 4.90 Å². The molecule has 0 unspecified atom stereocenters. The summed E-state index contributed by atoms with van der Waals surface area (Å²) in [6, 6.07) is 3.92. The van der Waals surface area contributed by atoms with Crippen LogP contribution in [0.1, 0.15) is 0 Å². The van der Waals surface area contributed by atoms with Gasteiger partial charge in [0.05, 0.1) is 17.8 Å². The molecule has 1 aromatic heterocycles. The van der Waals surface area contributed by atoms with E-state index in [4.69, 9.17) is 0 Å². The second-order valence-electron chi connectivity index (χ2n) is 2.05. The molecule has 54 valence electrons. The molecule has 0 saturated heterocycles. The van der Waals surface area contributed by atoms with Gasteiger partial charge in [0.2, 0.25) is 0 Å². The van der Waals surface area contributed by atoms with Crippen molar-refractivity contribution in [3.05, 3.63) is 24.5 Å². The topological polar surface area (TPSA) is 16.1 Å². The number of hydrogen-bond acceptors (Lipinski definition) is 3. The van der Waals surface area contributed by atoms with Crippen molar-refractivity contribution in [1.82, 2.24) is 4.98 Å². The Morgan fingerprint density at radius 3 is 3.00 bits per heavy atom. The number of rotatable bonds is 2. The second-order valence-corrected chi connectivity index (χ2v) is 2.33. The molecule has 0 amide bonds. The molecule has 1 rings (SSSR count). The van der Waals surface area contributed by atoms with Crippen molar-refractivity contribution in [3.8, 4) is 0 Å². The summed E-state index contributed by atoms with van der Waals surface area (Å²) in [7, 11) is 1.98. The van der Waals surface area contributed by atoms with Crippen LogP contribution >= 0.6 is 12.6 Å². The van der Waals surface area contributed by atoms with Gasteiger partial charge in [0.25, 0.3) is 0 Å². The van der Waals surface area contributed by atoms with Crippen molar-refractivity contribution in [2.45, 2.75) is 0 Å². The summed E-state index contributed by atoms with van der Waals surface area (Å²) in [5.41, 5.74) is 1.09. The van der Waals surface area contributed by atoms with Crippen molar-refractivity contribution >= 4 is 18.3 Å². The van der Waals surface area contributed by atoms with Crippen LogP contribution in [0.3, 0.4) is 0 Å². The first-order valence-corrected chi connectivity index (χ1v) is 3.70. The minimum absolute atomic E-state index is 0.714. The highest BCUT2D eigenvalue weighted by molar-refractivity contribution is 7.80. The van der Waals surface area contributed by atoms with E-state index in [9.17, 15) is 0 Å². The van der Waals surface area contributed by atoms with Gasteiger partial charge in [-0.3, -0.25) is 4.98 Å². The summed E-state index contributed by atoms with van der Waals surface area (Å²) in [6.07, 6.45) is 3.58. The summed E-state index contributed by atoms with van der Waals surface area (Å²) in [5, 5.41) is 0. The third-order valence-corrected chi connectivity index (χ3v) is 1.72. The molecule has 0 N–H and O–H groups in total. The molecule has 2 nitrogen and oxygen atoms in total. The van der Waals surface area contributed by atoms with E-state index in [1.807, 2.05) is 30.3 Å². The average Bonchev–Trinajstić information content (AvgIpc) is 2.05. The van der Waals surface area contributed by atoms with Gasteiger partial charge < -0.3 is 4.90 Å². The highest BCUT2D eigenvalue weighted by Gasteiger charge is 1.94. The molecule has 10 heavy (non-hydrogen) atoms. The molecule has 3 heteroatoms. The highest BCUT2D eigenvalue weighted by atomic mass is 32.1. The first-order chi connectivity index (χ1) is 4.84. The quantitative estimate of drug-likeness (QED) is 0.512. The van der Waals surface area contributed by atoms with Gasteiger partial charge in [-0.15, -0.1) is 0 Å². The lowest BCUT2D eigenvalue weighted by Gasteiger charge is -2.14. The minimum atomic E-state index is 0.714. The lowest BCUT2D eigenvalue weighted by molar-refractivity contribution is 1.08. The van der Waals surface area contributed by atoms with Gasteiger partial charge in [0, 0.05) is 13.2 Å². The fourth-order valence-electron chi connectivity index (χ4n) is 0.661. The number of anilines is 1. The van der Waals surface area contributed by atoms with E-state index in [2.05, 4.69) is 17.6 Å². The lowest BCUT2D eigenvalue weighted by atomic mass is 10.4. The van der Waals surface area contributed by atoms with Gasteiger partial charge in [0.15, 0.2) is 0 Å². The molecule has 0 aliphatic heterocycles. The van der Waals surface area contributed by atoms with E-state index >= 15 is 0 Å². The van der Waals surface area contributed by atoms with Gasteiger partial charge in [-0.1, -0.05) is 0 Å². The summed E-state index contributed by atoms with van der Waals surface area (Å²) in [6.45, 7) is 0. The summed E-state index contributed by atoms with van der Waals surface area (Å²) in [5.74, 6) is 0.714. The molecule has 0 aliphatic carbocycles. The summed E-state index contributed by atoms with van der Waals surface area (Å²) in [4.78, 5) is 5.99. The zero-order valence-corrected chi connectivity index (χ0v) is 6.75. The fraction of sp³-hybridized carbons (Fsp3) is 0.286. The van der Waals surface area contributed by atoms with Crippen LogP contribution in [-0.2, 0) is 0 Å². The zero-order valence-electron chi connectivity index (χ0n) is 5.86. The van der Waals surface area contributed by atoms with Crippen LogP contribution in [0.15, 0.2) is 24.5 Å². The van der Waals surface area contributed by atoms with Gasteiger partial charge in [-0.25, -0.2) is 0 Å². The Morgan fingerprint density at radius 2 is 2.50 bits per heavy atom. The van der Waals surface area contributed by atoms with Crippen molar-refractivity contribution in [2.24, 2.45) is 0 Å². The molecule has 1 heterocycles. The first-order valence-electron chi connectivity index (χ1n) is 3.06. The Hall–Kier alpha value is -0.700. The van der Waals surface area contributed by atoms with Gasteiger partial charge in [-0.05, 0) is 12.1 Å². The van der Waals surface area contributed by atoms with E-state index in [0.29, 0.717) is 5.88 Å². The first kappa shape index (κ1) is 7.41. The molecule has 1 aromatic rings. The fourth-order valence-corrected chi connectivity index (χ4v) is 0.824. The molecule has 0 atom stereocenters. The Kier molecular flexibility index (Phi) is 2.57. The van der Waals surface area contributed by atoms with Crippen LogP contribution in [0.2, 0.25) is 0 Å². The normalized spacial score (nSPS) is 9.40. The molecule has 0 bridgehead atoms. The maximum absolute atomic E-state index is 4.13. The van der Waals surface area contributed by atoms with Crippen molar-refractivity contribution in [1.29, 1.82) is 0 Å². The molecular formula is C7H10N2S. The highest BCUT2D eigenvalue weighted by Crippen LogP contribution is 2.08. The predicted molar refractivity (Wildman–Crippen MR) is 46.5 cm³/mol. The van der Waals surface area contributed by atoms with E-state index in [0.717, 1.165) is 5.69 Å². The molecule has 0 aliphatic rings. The Labute approximate surface area is 66.3 Å². The molecule has 0 radical (unpaired) electrons. The van der Waals surface area contributed by atoms with Gasteiger partial charge in [-0.2, -0.15) is 12.6 Å². The third kappa shape index (κ3) is 1.64. The van der Waals surface area contributed by atoms with Gasteiger partial charge >= 0.3 is 0 Å². The minimum Gasteiger partial charge on any atom is -0.364 e. The standard InChI is InChI=1S/C7H10N2S/c1-9(6-10)7-3-2-4-8-5-7/h2-5,10H,6H2,1H3. The van der Waals surface area contributed by atoms with Crippen LogP contribution in [0.25, 0.3) is 0 Å². The second kappa shape index (κ2) is 3.46. The van der Waals surface area contributed by atoms with E-state index in [-0.39, 0.29) is 0 Å². The summed E-state index contributed by atoms with van der Waals surface area (Å²) >= 11 is 4.13. The van der Waals surface area contributed by atoms with E-state index in [1.165, 1.54) is 0 Å². The average molecular weight is 154 g/mol. The molecular weight excluding hydrogens is 144 g/mol. The van der Waals surface area contributed by atoms with Crippen molar-refractivity contribution in [2.75, 3.05) is 17.8 Å².